The van der Waals surface area contributed by atoms with E-state index >= 15 is 0 Å². The molecule has 4 aromatic rings. The van der Waals surface area contributed by atoms with Gasteiger partial charge >= 0.3 is 0 Å². The molecule has 0 aliphatic rings. The number of aromatic nitrogens is 2. The lowest BCUT2D eigenvalue weighted by Gasteiger charge is -2.14. The van der Waals surface area contributed by atoms with Crippen molar-refractivity contribution >= 4 is 52.3 Å². The molecule has 0 radical (unpaired) electrons. The van der Waals surface area contributed by atoms with Gasteiger partial charge in [0.05, 0.1) is 25.3 Å². The number of ether oxygens (including phenoxy) is 2. The molecular weight excluding hydrogens is 498 g/mol. The van der Waals surface area contributed by atoms with Crippen LogP contribution in [0.2, 0.25) is 0 Å². The van der Waals surface area contributed by atoms with Crippen LogP contribution in [0.15, 0.2) is 71.6 Å². The lowest BCUT2D eigenvalue weighted by Crippen LogP contribution is -2.09. The molecule has 0 saturated heterocycles. The van der Waals surface area contributed by atoms with Crippen molar-refractivity contribution in [3.05, 3.63) is 66.7 Å². The normalized spacial score (nSPS) is 10.7. The number of nitrogens with one attached hydrogen (secondary N) is 3. The van der Waals surface area contributed by atoms with E-state index in [0.717, 1.165) is 40.0 Å². The standard InChI is InChI=1S/C23H23N5O2S.C6H12O/c1-24-15-7-6-8-19(13-15)31-28-23-22(26-20-9-4-5-10-21(20)27-23)25-16-11-17(29-2)14-18(12-16)30-3;1-4-6(2,3)5-7/h4-14,24H,1-3H3,(H,25,26)(H,27,28);5H,4H2,1-3H3. The molecule has 8 nitrogen and oxygen atoms in total. The van der Waals surface area contributed by atoms with E-state index in [1.165, 1.54) is 11.9 Å². The summed E-state index contributed by atoms with van der Waals surface area (Å²) in [7, 11) is 5.14. The van der Waals surface area contributed by atoms with Gasteiger partial charge in [0, 0.05) is 46.9 Å². The second-order valence-electron chi connectivity index (χ2n) is 9.08. The Bertz CT molecular complexity index is 1340. The molecule has 38 heavy (non-hydrogen) atoms. The number of hydrogen-bond donors (Lipinski definition) is 3. The van der Waals surface area contributed by atoms with E-state index in [0.29, 0.717) is 23.1 Å². The quantitative estimate of drug-likeness (QED) is 0.145. The summed E-state index contributed by atoms with van der Waals surface area (Å²) in [5.74, 6) is 2.60. The van der Waals surface area contributed by atoms with Crippen molar-refractivity contribution in [2.45, 2.75) is 32.1 Å². The highest BCUT2D eigenvalue weighted by Crippen LogP contribution is 2.32. The van der Waals surface area contributed by atoms with Gasteiger partial charge in [-0.3, -0.25) is 0 Å². The highest BCUT2D eigenvalue weighted by Gasteiger charge is 2.12. The predicted octanol–water partition coefficient (Wildman–Crippen LogP) is 7.17. The van der Waals surface area contributed by atoms with Crippen molar-refractivity contribution in [3.8, 4) is 11.5 Å². The molecular formula is C29H35N5O3S. The van der Waals surface area contributed by atoms with Crippen LogP contribution in [-0.4, -0.2) is 37.5 Å². The summed E-state index contributed by atoms with van der Waals surface area (Å²) in [6.07, 6.45) is 1.92. The Hall–Kier alpha value is -3.98. The molecule has 1 heterocycles. The van der Waals surface area contributed by atoms with E-state index in [1.54, 1.807) is 14.2 Å². The summed E-state index contributed by atoms with van der Waals surface area (Å²) < 4.78 is 14.1. The van der Waals surface area contributed by atoms with Gasteiger partial charge in [-0.05, 0) is 48.7 Å². The van der Waals surface area contributed by atoms with E-state index < -0.39 is 0 Å². The van der Waals surface area contributed by atoms with E-state index in [1.807, 2.05) is 88.5 Å². The van der Waals surface area contributed by atoms with Crippen molar-refractivity contribution in [1.29, 1.82) is 0 Å². The molecule has 1 aromatic heterocycles. The van der Waals surface area contributed by atoms with Crippen LogP contribution in [0.4, 0.5) is 23.0 Å². The average Bonchev–Trinajstić information content (AvgIpc) is 2.96. The molecule has 0 bridgehead atoms. The zero-order valence-electron chi connectivity index (χ0n) is 22.7. The number of nitrogens with zero attached hydrogens (tertiary/aromatic N) is 2. The van der Waals surface area contributed by atoms with Crippen LogP contribution in [0.25, 0.3) is 11.0 Å². The van der Waals surface area contributed by atoms with Crippen LogP contribution < -0.4 is 24.8 Å². The minimum absolute atomic E-state index is 0.0972. The predicted molar refractivity (Wildman–Crippen MR) is 158 cm³/mol. The average molecular weight is 534 g/mol. The Kier molecular flexibility index (Phi) is 10.2. The first-order valence-corrected chi connectivity index (χ1v) is 13.1. The zero-order chi connectivity index (χ0) is 27.5. The number of anilines is 4. The molecule has 0 spiro atoms. The monoisotopic (exact) mass is 533 g/mol. The SMILES string of the molecule is CCC(C)(C)C=O.CNc1cccc(SNc2nc3ccccc3nc2Nc2cc(OC)cc(OC)c2)c1. The van der Waals surface area contributed by atoms with Crippen LogP contribution in [0.5, 0.6) is 11.5 Å². The van der Waals surface area contributed by atoms with Gasteiger partial charge in [-0.15, -0.1) is 0 Å². The second-order valence-corrected chi connectivity index (χ2v) is 9.96. The molecule has 3 N–H and O–H groups in total. The maximum atomic E-state index is 10.1. The Morgan fingerprint density at radius 3 is 2.03 bits per heavy atom. The van der Waals surface area contributed by atoms with Gasteiger partial charge in [-0.2, -0.15) is 0 Å². The van der Waals surface area contributed by atoms with Gasteiger partial charge < -0.3 is 29.6 Å². The summed E-state index contributed by atoms with van der Waals surface area (Å²) in [6.45, 7) is 5.87. The van der Waals surface area contributed by atoms with E-state index in [2.05, 4.69) is 21.4 Å². The molecule has 0 saturated carbocycles. The van der Waals surface area contributed by atoms with Crippen LogP contribution in [-0.2, 0) is 4.79 Å². The number of carbonyl (C=O) groups excluding carboxylic acids is 1. The molecule has 200 valence electrons. The van der Waals surface area contributed by atoms with Crippen LogP contribution in [0, 0.1) is 5.41 Å². The van der Waals surface area contributed by atoms with E-state index in [4.69, 9.17) is 19.4 Å². The fraction of sp³-hybridized carbons (Fsp3) is 0.276. The molecule has 0 amide bonds. The number of rotatable bonds is 10. The van der Waals surface area contributed by atoms with Crippen molar-refractivity contribution < 1.29 is 14.3 Å². The Morgan fingerprint density at radius 2 is 1.50 bits per heavy atom. The Balaban J connectivity index is 0.000000505. The smallest absolute Gasteiger partial charge is 0.180 e. The van der Waals surface area contributed by atoms with Gasteiger partial charge in [-0.1, -0.05) is 39.0 Å². The number of carbonyl (C=O) groups is 1. The van der Waals surface area contributed by atoms with Crippen molar-refractivity contribution in [2.24, 2.45) is 5.41 Å². The Morgan fingerprint density at radius 1 is 0.868 bits per heavy atom. The molecule has 0 aliphatic heterocycles. The lowest BCUT2D eigenvalue weighted by molar-refractivity contribution is -0.114. The van der Waals surface area contributed by atoms with Gasteiger partial charge in [0.2, 0.25) is 0 Å². The molecule has 0 aliphatic carbocycles. The third-order valence-electron chi connectivity index (χ3n) is 5.80. The highest BCUT2D eigenvalue weighted by molar-refractivity contribution is 8.00. The first kappa shape index (κ1) is 28.6. The minimum Gasteiger partial charge on any atom is -0.497 e. The molecule has 0 fully saturated rings. The second kappa shape index (κ2) is 13.5. The summed E-state index contributed by atoms with van der Waals surface area (Å²) in [5, 5.41) is 6.50. The number of hydrogen-bond acceptors (Lipinski definition) is 9. The summed E-state index contributed by atoms with van der Waals surface area (Å²) in [6, 6.07) is 21.5. The lowest BCUT2D eigenvalue weighted by atomic mass is 9.93. The van der Waals surface area contributed by atoms with Crippen molar-refractivity contribution in [2.75, 3.05) is 36.6 Å². The highest BCUT2D eigenvalue weighted by atomic mass is 32.2. The van der Waals surface area contributed by atoms with Crippen LogP contribution >= 0.6 is 11.9 Å². The molecule has 9 heteroatoms. The van der Waals surface area contributed by atoms with Gasteiger partial charge in [0.25, 0.3) is 0 Å². The van der Waals surface area contributed by atoms with Gasteiger partial charge in [-0.25, -0.2) is 9.97 Å². The maximum Gasteiger partial charge on any atom is 0.180 e. The first-order chi connectivity index (χ1) is 18.3. The third kappa shape index (κ3) is 8.01. The molecule has 3 aromatic carbocycles. The minimum atomic E-state index is -0.0972. The number of para-hydroxylation sites is 2. The maximum absolute atomic E-state index is 10.1. The fourth-order valence-corrected chi connectivity index (χ4v) is 3.77. The summed E-state index contributed by atoms with van der Waals surface area (Å²) in [4.78, 5) is 20.7. The zero-order valence-corrected chi connectivity index (χ0v) is 23.5. The number of fused-ring (bicyclic) bond motifs is 1. The molecule has 4 rings (SSSR count). The molecule has 0 unspecified atom stereocenters. The largest absolute Gasteiger partial charge is 0.497 e. The number of benzene rings is 3. The number of aldehydes is 1. The summed E-state index contributed by atoms with van der Waals surface area (Å²) in [5.41, 5.74) is 3.33. The Labute approximate surface area is 228 Å². The van der Waals surface area contributed by atoms with Gasteiger partial charge in [0.15, 0.2) is 11.6 Å². The van der Waals surface area contributed by atoms with E-state index in [9.17, 15) is 4.79 Å². The van der Waals surface area contributed by atoms with Crippen molar-refractivity contribution in [1.82, 2.24) is 9.97 Å². The van der Waals surface area contributed by atoms with Crippen LogP contribution in [0.3, 0.4) is 0 Å². The number of methoxy groups -OCH3 is 2. The molecule has 0 atom stereocenters. The van der Waals surface area contributed by atoms with E-state index in [-0.39, 0.29) is 5.41 Å². The third-order valence-corrected chi connectivity index (χ3v) is 6.59. The summed E-state index contributed by atoms with van der Waals surface area (Å²) >= 11 is 1.47. The van der Waals surface area contributed by atoms with Crippen LogP contribution in [0.1, 0.15) is 27.2 Å². The van der Waals surface area contributed by atoms with Crippen molar-refractivity contribution in [3.63, 3.8) is 0 Å². The fourth-order valence-electron chi connectivity index (χ4n) is 3.08. The topological polar surface area (TPSA) is 97.4 Å². The van der Waals surface area contributed by atoms with Gasteiger partial charge in [0.1, 0.15) is 17.8 Å². The first-order valence-electron chi connectivity index (χ1n) is 12.2.